The predicted molar refractivity (Wildman–Crippen MR) is 148 cm³/mol. The number of anilines is 1. The third kappa shape index (κ3) is 8.49. The number of sulfonamides is 1. The number of nitrogens with one attached hydrogen (secondary N) is 1. The standard InChI is InChI=1S/C28H41N3O5S/c1-8-21(5)29-28(33)26(9-2)30(18-22-10-16-25(36-6)17-11-22)27(32)19-31(37(7,34)35)24-14-12-23(13-15-24)20(3)4/h10-17,20-21,26H,8-9,18-19H2,1-7H3,(H,29,33)/t21-,26+/m1/s1. The number of carbonyl (C=O) groups is 2. The molecule has 0 aliphatic carbocycles. The number of amides is 2. The molecule has 9 heteroatoms. The van der Waals surface area contributed by atoms with E-state index in [-0.39, 0.29) is 24.4 Å². The normalized spacial score (nSPS) is 13.1. The highest BCUT2D eigenvalue weighted by Gasteiger charge is 2.32. The van der Waals surface area contributed by atoms with Gasteiger partial charge < -0.3 is 15.0 Å². The fraction of sp³-hybridized carbons (Fsp3) is 0.500. The molecule has 0 aliphatic rings. The molecule has 2 rings (SSSR count). The Labute approximate surface area is 222 Å². The Morgan fingerprint density at radius 3 is 2.00 bits per heavy atom. The summed E-state index contributed by atoms with van der Waals surface area (Å²) in [6.45, 7) is 9.57. The number of rotatable bonds is 13. The van der Waals surface area contributed by atoms with Crippen molar-refractivity contribution >= 4 is 27.5 Å². The van der Waals surface area contributed by atoms with Gasteiger partial charge in [-0.05, 0) is 61.1 Å². The van der Waals surface area contributed by atoms with E-state index in [1.165, 1.54) is 4.90 Å². The van der Waals surface area contributed by atoms with Gasteiger partial charge in [-0.1, -0.05) is 52.0 Å². The molecule has 0 heterocycles. The van der Waals surface area contributed by atoms with Crippen LogP contribution in [-0.2, 0) is 26.2 Å². The highest BCUT2D eigenvalue weighted by molar-refractivity contribution is 7.92. The SMILES string of the molecule is CC[C@@H](C)NC(=O)[C@H](CC)N(Cc1ccc(OC)cc1)C(=O)CN(c1ccc(C(C)C)cc1)S(C)(=O)=O. The van der Waals surface area contributed by atoms with Gasteiger partial charge in [0.25, 0.3) is 0 Å². The zero-order valence-electron chi connectivity index (χ0n) is 23.0. The average molecular weight is 532 g/mol. The van der Waals surface area contributed by atoms with Crippen molar-refractivity contribution in [2.75, 3.05) is 24.2 Å². The number of benzene rings is 2. The Morgan fingerprint density at radius 2 is 1.54 bits per heavy atom. The van der Waals surface area contributed by atoms with E-state index < -0.39 is 28.5 Å². The van der Waals surface area contributed by atoms with Crippen molar-refractivity contribution in [1.82, 2.24) is 10.2 Å². The highest BCUT2D eigenvalue weighted by atomic mass is 32.2. The molecule has 2 aromatic carbocycles. The molecule has 0 bridgehead atoms. The fourth-order valence-corrected chi connectivity index (χ4v) is 4.78. The molecule has 0 fully saturated rings. The van der Waals surface area contributed by atoms with E-state index in [9.17, 15) is 18.0 Å². The Kier molecular flexibility index (Phi) is 11.0. The molecular formula is C28H41N3O5S. The van der Waals surface area contributed by atoms with Crippen LogP contribution < -0.4 is 14.4 Å². The smallest absolute Gasteiger partial charge is 0.244 e. The topological polar surface area (TPSA) is 96.0 Å². The molecule has 37 heavy (non-hydrogen) atoms. The first-order valence-electron chi connectivity index (χ1n) is 12.7. The summed E-state index contributed by atoms with van der Waals surface area (Å²) in [6, 6.07) is 13.6. The van der Waals surface area contributed by atoms with Crippen LogP contribution in [-0.4, -0.2) is 57.1 Å². The van der Waals surface area contributed by atoms with Crippen LogP contribution in [0.1, 0.15) is 64.5 Å². The van der Waals surface area contributed by atoms with Gasteiger partial charge in [0.1, 0.15) is 18.3 Å². The van der Waals surface area contributed by atoms with Crippen molar-refractivity contribution in [3.63, 3.8) is 0 Å². The lowest BCUT2D eigenvalue weighted by atomic mass is 10.0. The Hall–Kier alpha value is -3.07. The highest BCUT2D eigenvalue weighted by Crippen LogP contribution is 2.23. The van der Waals surface area contributed by atoms with E-state index in [0.29, 0.717) is 17.9 Å². The Balaban J connectivity index is 2.43. The zero-order valence-corrected chi connectivity index (χ0v) is 23.8. The monoisotopic (exact) mass is 531 g/mol. The minimum absolute atomic E-state index is 0.0496. The summed E-state index contributed by atoms with van der Waals surface area (Å²) in [5.74, 6) is 0.249. The summed E-state index contributed by atoms with van der Waals surface area (Å²) in [6.07, 6.45) is 2.21. The second-order valence-corrected chi connectivity index (χ2v) is 11.5. The van der Waals surface area contributed by atoms with Crippen LogP contribution in [0.25, 0.3) is 0 Å². The number of methoxy groups -OCH3 is 1. The first-order valence-corrected chi connectivity index (χ1v) is 14.6. The van der Waals surface area contributed by atoms with Crippen molar-refractivity contribution in [2.45, 2.75) is 72.0 Å². The van der Waals surface area contributed by atoms with Crippen LogP contribution in [0.15, 0.2) is 48.5 Å². The zero-order chi connectivity index (χ0) is 27.8. The lowest BCUT2D eigenvalue weighted by Crippen LogP contribution is -2.53. The molecule has 0 aromatic heterocycles. The lowest BCUT2D eigenvalue weighted by molar-refractivity contribution is -0.140. The van der Waals surface area contributed by atoms with Gasteiger partial charge in [-0.15, -0.1) is 0 Å². The minimum atomic E-state index is -3.77. The van der Waals surface area contributed by atoms with Gasteiger partial charge in [0.2, 0.25) is 21.8 Å². The lowest BCUT2D eigenvalue weighted by Gasteiger charge is -2.33. The van der Waals surface area contributed by atoms with Gasteiger partial charge in [0, 0.05) is 12.6 Å². The van der Waals surface area contributed by atoms with E-state index in [0.717, 1.165) is 28.1 Å². The molecule has 8 nitrogen and oxygen atoms in total. The molecule has 2 atom stereocenters. The van der Waals surface area contributed by atoms with Crippen molar-refractivity contribution in [3.8, 4) is 5.75 Å². The van der Waals surface area contributed by atoms with Gasteiger partial charge in [0.15, 0.2) is 0 Å². The molecule has 0 unspecified atom stereocenters. The fourth-order valence-electron chi connectivity index (χ4n) is 3.93. The van der Waals surface area contributed by atoms with E-state index >= 15 is 0 Å². The summed E-state index contributed by atoms with van der Waals surface area (Å²) >= 11 is 0. The van der Waals surface area contributed by atoms with Gasteiger partial charge in [-0.25, -0.2) is 8.42 Å². The Morgan fingerprint density at radius 1 is 0.946 bits per heavy atom. The minimum Gasteiger partial charge on any atom is -0.497 e. The molecule has 0 saturated heterocycles. The van der Waals surface area contributed by atoms with Crippen molar-refractivity contribution < 1.29 is 22.7 Å². The summed E-state index contributed by atoms with van der Waals surface area (Å²) in [5.41, 5.74) is 2.27. The van der Waals surface area contributed by atoms with Crippen LogP contribution in [0.5, 0.6) is 5.75 Å². The third-order valence-electron chi connectivity index (χ3n) is 6.43. The summed E-state index contributed by atoms with van der Waals surface area (Å²) in [7, 11) is -2.19. The van der Waals surface area contributed by atoms with E-state index in [1.807, 2.05) is 45.0 Å². The van der Waals surface area contributed by atoms with Crippen LogP contribution >= 0.6 is 0 Å². The molecular weight excluding hydrogens is 490 g/mol. The van der Waals surface area contributed by atoms with Gasteiger partial charge in [0.05, 0.1) is 19.1 Å². The second kappa shape index (κ2) is 13.5. The second-order valence-electron chi connectivity index (χ2n) is 9.63. The third-order valence-corrected chi connectivity index (χ3v) is 7.57. The number of nitrogens with zero attached hydrogens (tertiary/aromatic N) is 2. The number of hydrogen-bond acceptors (Lipinski definition) is 5. The Bertz CT molecular complexity index is 1130. The molecule has 0 radical (unpaired) electrons. The van der Waals surface area contributed by atoms with E-state index in [4.69, 9.17) is 4.74 Å². The van der Waals surface area contributed by atoms with Crippen LogP contribution in [0.2, 0.25) is 0 Å². The van der Waals surface area contributed by atoms with Crippen molar-refractivity contribution in [3.05, 3.63) is 59.7 Å². The average Bonchev–Trinajstić information content (AvgIpc) is 2.86. The summed E-state index contributed by atoms with van der Waals surface area (Å²) < 4.78 is 31.8. The first kappa shape index (κ1) is 30.2. The van der Waals surface area contributed by atoms with Crippen LogP contribution in [0, 0.1) is 0 Å². The molecule has 0 spiro atoms. The van der Waals surface area contributed by atoms with Gasteiger partial charge >= 0.3 is 0 Å². The predicted octanol–water partition coefficient (Wildman–Crippen LogP) is 4.31. The summed E-state index contributed by atoms with van der Waals surface area (Å²) in [4.78, 5) is 28.4. The maximum atomic E-state index is 13.8. The number of hydrogen-bond donors (Lipinski definition) is 1. The number of ether oxygens (including phenoxy) is 1. The molecule has 2 amide bonds. The number of carbonyl (C=O) groups excluding carboxylic acids is 2. The van der Waals surface area contributed by atoms with Crippen molar-refractivity contribution in [2.24, 2.45) is 0 Å². The first-order chi connectivity index (χ1) is 17.4. The largest absolute Gasteiger partial charge is 0.497 e. The molecule has 2 aromatic rings. The molecule has 1 N–H and O–H groups in total. The van der Waals surface area contributed by atoms with Crippen LogP contribution in [0.3, 0.4) is 0 Å². The van der Waals surface area contributed by atoms with E-state index in [1.54, 1.807) is 31.4 Å². The van der Waals surface area contributed by atoms with Crippen LogP contribution in [0.4, 0.5) is 5.69 Å². The van der Waals surface area contributed by atoms with Crippen molar-refractivity contribution in [1.29, 1.82) is 0 Å². The molecule has 0 aliphatic heterocycles. The van der Waals surface area contributed by atoms with Gasteiger partial charge in [-0.2, -0.15) is 0 Å². The maximum Gasteiger partial charge on any atom is 0.244 e. The van der Waals surface area contributed by atoms with E-state index in [2.05, 4.69) is 19.2 Å². The maximum absolute atomic E-state index is 13.8. The van der Waals surface area contributed by atoms with Gasteiger partial charge in [-0.3, -0.25) is 13.9 Å². The quantitative estimate of drug-likeness (QED) is 0.416. The molecule has 204 valence electrons. The summed E-state index contributed by atoms with van der Waals surface area (Å²) in [5, 5.41) is 2.97. The molecule has 0 saturated carbocycles.